The summed E-state index contributed by atoms with van der Waals surface area (Å²) < 4.78 is 20.5. The summed E-state index contributed by atoms with van der Waals surface area (Å²) >= 11 is -1.85. The molecule has 0 aromatic rings. The van der Waals surface area contributed by atoms with Crippen LogP contribution >= 0.6 is 0 Å². The quantitative estimate of drug-likeness (QED) is 0.365. The molecule has 1 aliphatic heterocycles. The van der Waals surface area contributed by atoms with Crippen molar-refractivity contribution in [3.63, 3.8) is 0 Å². The van der Waals surface area contributed by atoms with Crippen LogP contribution in [0.15, 0.2) is 0 Å². The fraction of sp³-hybridized carbons (Fsp3) is 1.00. The first kappa shape index (κ1) is 12.1. The number of hydrogen-bond donors (Lipinski definition) is 1. The molecule has 60 valence electrons. The van der Waals surface area contributed by atoms with Crippen LogP contribution in [-0.4, -0.2) is 27.6 Å². The van der Waals surface area contributed by atoms with Crippen LogP contribution in [0.25, 0.3) is 0 Å². The Balaban J connectivity index is 0.000001000. The third-order valence-electron chi connectivity index (χ3n) is 1.77. The summed E-state index contributed by atoms with van der Waals surface area (Å²) in [6.45, 7) is 1.91. The molecule has 0 amide bonds. The number of piperidine rings is 1. The van der Waals surface area contributed by atoms with Crippen LogP contribution in [0, 0.1) is 5.92 Å². The molecular formula is C6H12NNaO2S. The van der Waals surface area contributed by atoms with E-state index in [1.807, 2.05) is 0 Å². The van der Waals surface area contributed by atoms with E-state index < -0.39 is 11.1 Å². The Morgan fingerprint density at radius 1 is 1.64 bits per heavy atom. The van der Waals surface area contributed by atoms with Crippen LogP contribution in [-0.2, 0) is 11.1 Å². The SMILES string of the molecule is O=S([O-])CC1CCCNC1.[Na+]. The first-order chi connectivity index (χ1) is 4.79. The van der Waals surface area contributed by atoms with E-state index in [-0.39, 0.29) is 29.6 Å². The molecule has 0 spiro atoms. The van der Waals surface area contributed by atoms with Gasteiger partial charge in [-0.3, -0.25) is 4.21 Å². The molecule has 0 aromatic carbocycles. The molecule has 0 saturated carbocycles. The van der Waals surface area contributed by atoms with Crippen molar-refractivity contribution in [1.82, 2.24) is 5.32 Å². The van der Waals surface area contributed by atoms with Gasteiger partial charge >= 0.3 is 29.6 Å². The van der Waals surface area contributed by atoms with E-state index >= 15 is 0 Å². The third-order valence-corrected chi connectivity index (χ3v) is 2.51. The van der Waals surface area contributed by atoms with Crippen molar-refractivity contribution < 1.29 is 38.3 Å². The van der Waals surface area contributed by atoms with Gasteiger partial charge in [0.05, 0.1) is 0 Å². The van der Waals surface area contributed by atoms with E-state index in [9.17, 15) is 8.76 Å². The average Bonchev–Trinajstić information content (AvgIpc) is 1.88. The van der Waals surface area contributed by atoms with Crippen molar-refractivity contribution >= 4 is 11.1 Å². The molecule has 1 N–H and O–H groups in total. The standard InChI is InChI=1S/C6H13NO2S.Na/c8-10(9)5-6-2-1-3-7-4-6;/h6-7H,1-5H2,(H,8,9);/q;+1/p-1. The predicted octanol–water partition coefficient (Wildman–Crippen LogP) is -3.13. The summed E-state index contributed by atoms with van der Waals surface area (Å²) in [5.74, 6) is 0.680. The molecule has 3 nitrogen and oxygen atoms in total. The van der Waals surface area contributed by atoms with Gasteiger partial charge in [-0.05, 0) is 31.8 Å². The molecule has 1 aliphatic rings. The predicted molar refractivity (Wildman–Crippen MR) is 39.4 cm³/mol. The fourth-order valence-corrected chi connectivity index (χ4v) is 1.93. The Kier molecular flexibility index (Phi) is 7.21. The van der Waals surface area contributed by atoms with Crippen LogP contribution in [0.2, 0.25) is 0 Å². The minimum Gasteiger partial charge on any atom is -0.772 e. The van der Waals surface area contributed by atoms with Crippen LogP contribution in [0.1, 0.15) is 12.8 Å². The monoisotopic (exact) mass is 185 g/mol. The summed E-state index contributed by atoms with van der Waals surface area (Å²) in [5, 5.41) is 3.17. The fourth-order valence-electron chi connectivity index (χ4n) is 1.26. The normalized spacial score (nSPS) is 27.2. The zero-order valence-electron chi connectivity index (χ0n) is 6.84. The van der Waals surface area contributed by atoms with Crippen molar-refractivity contribution in [3.05, 3.63) is 0 Å². The van der Waals surface area contributed by atoms with Crippen LogP contribution in [0.5, 0.6) is 0 Å². The molecule has 0 radical (unpaired) electrons. The van der Waals surface area contributed by atoms with Gasteiger partial charge in [0.2, 0.25) is 0 Å². The van der Waals surface area contributed by atoms with Gasteiger partial charge in [-0.25, -0.2) is 0 Å². The second kappa shape index (κ2) is 6.57. The maximum atomic E-state index is 10.2. The Morgan fingerprint density at radius 2 is 2.36 bits per heavy atom. The number of rotatable bonds is 2. The Morgan fingerprint density at radius 3 is 2.82 bits per heavy atom. The van der Waals surface area contributed by atoms with E-state index in [1.54, 1.807) is 0 Å². The zero-order valence-corrected chi connectivity index (χ0v) is 9.65. The van der Waals surface area contributed by atoms with Crippen molar-refractivity contribution in [2.45, 2.75) is 12.8 Å². The summed E-state index contributed by atoms with van der Waals surface area (Å²) in [7, 11) is 0. The molecule has 0 aliphatic carbocycles. The molecule has 2 unspecified atom stereocenters. The Bertz CT molecular complexity index is 128. The summed E-state index contributed by atoms with van der Waals surface area (Å²) in [4.78, 5) is 0. The maximum Gasteiger partial charge on any atom is 1.00 e. The van der Waals surface area contributed by atoms with Gasteiger partial charge in [-0.2, -0.15) is 0 Å². The van der Waals surface area contributed by atoms with E-state index in [4.69, 9.17) is 0 Å². The van der Waals surface area contributed by atoms with Crippen LogP contribution in [0.4, 0.5) is 0 Å². The molecule has 0 bridgehead atoms. The van der Waals surface area contributed by atoms with Crippen LogP contribution < -0.4 is 34.9 Å². The van der Waals surface area contributed by atoms with Crippen LogP contribution in [0.3, 0.4) is 0 Å². The van der Waals surface area contributed by atoms with E-state index in [0.717, 1.165) is 25.9 Å². The van der Waals surface area contributed by atoms with Crippen molar-refractivity contribution in [2.24, 2.45) is 5.92 Å². The Hall–Kier alpha value is 1.07. The largest absolute Gasteiger partial charge is 1.00 e. The molecule has 2 atom stereocenters. The second-order valence-corrected chi connectivity index (χ2v) is 3.62. The smallest absolute Gasteiger partial charge is 0.772 e. The number of nitrogens with one attached hydrogen (secondary N) is 1. The van der Waals surface area contributed by atoms with Gasteiger partial charge < -0.3 is 9.87 Å². The first-order valence-corrected chi connectivity index (χ1v) is 4.80. The van der Waals surface area contributed by atoms with Crippen molar-refractivity contribution in [1.29, 1.82) is 0 Å². The second-order valence-electron chi connectivity index (χ2n) is 2.68. The topological polar surface area (TPSA) is 52.2 Å². The van der Waals surface area contributed by atoms with Gasteiger partial charge in [-0.1, -0.05) is 11.1 Å². The molecule has 11 heavy (non-hydrogen) atoms. The van der Waals surface area contributed by atoms with E-state index in [2.05, 4.69) is 5.32 Å². The maximum absolute atomic E-state index is 10.2. The third kappa shape index (κ3) is 5.33. The van der Waals surface area contributed by atoms with Crippen molar-refractivity contribution in [2.75, 3.05) is 18.8 Å². The zero-order chi connectivity index (χ0) is 7.40. The van der Waals surface area contributed by atoms with Gasteiger partial charge in [0, 0.05) is 5.75 Å². The summed E-state index contributed by atoms with van der Waals surface area (Å²) in [5.41, 5.74) is 0. The Labute approximate surface area is 91.9 Å². The summed E-state index contributed by atoms with van der Waals surface area (Å²) in [6, 6.07) is 0. The minimum atomic E-state index is -1.85. The minimum absolute atomic E-state index is 0. The molecule has 1 fully saturated rings. The van der Waals surface area contributed by atoms with Gasteiger partial charge in [-0.15, -0.1) is 0 Å². The van der Waals surface area contributed by atoms with E-state index in [0.29, 0.717) is 11.7 Å². The molecule has 1 rings (SSSR count). The van der Waals surface area contributed by atoms with E-state index in [1.165, 1.54) is 0 Å². The molecule has 1 saturated heterocycles. The number of hydrogen-bond acceptors (Lipinski definition) is 3. The first-order valence-electron chi connectivity index (χ1n) is 3.55. The van der Waals surface area contributed by atoms with Gasteiger partial charge in [0.25, 0.3) is 0 Å². The molecule has 5 heteroatoms. The average molecular weight is 185 g/mol. The molecular weight excluding hydrogens is 173 g/mol. The molecule has 0 aromatic heterocycles. The van der Waals surface area contributed by atoms with Gasteiger partial charge in [0.15, 0.2) is 0 Å². The van der Waals surface area contributed by atoms with Crippen molar-refractivity contribution in [3.8, 4) is 0 Å². The van der Waals surface area contributed by atoms with Gasteiger partial charge in [0.1, 0.15) is 0 Å². The molecule has 1 heterocycles. The summed E-state index contributed by atoms with van der Waals surface area (Å²) in [6.07, 6.45) is 2.17.